The Kier molecular flexibility index (Phi) is 6.65. The number of methoxy groups -OCH3 is 1. The Labute approximate surface area is 211 Å². The second-order valence-corrected chi connectivity index (χ2v) is 9.44. The summed E-state index contributed by atoms with van der Waals surface area (Å²) in [4.78, 5) is 31.8. The van der Waals surface area contributed by atoms with Crippen molar-refractivity contribution in [1.82, 2.24) is 15.2 Å². The van der Waals surface area contributed by atoms with Crippen LogP contribution in [0.3, 0.4) is 0 Å². The molecule has 1 fully saturated rings. The van der Waals surface area contributed by atoms with Gasteiger partial charge < -0.3 is 25.3 Å². The normalized spacial score (nSPS) is 16.3. The highest BCUT2D eigenvalue weighted by Gasteiger charge is 2.28. The van der Waals surface area contributed by atoms with Crippen molar-refractivity contribution in [3.63, 3.8) is 0 Å². The van der Waals surface area contributed by atoms with Crippen LogP contribution in [-0.2, 0) is 4.79 Å². The summed E-state index contributed by atoms with van der Waals surface area (Å²) in [5, 5.41) is 6.06. The monoisotopic (exact) mass is 484 g/mol. The summed E-state index contributed by atoms with van der Waals surface area (Å²) in [7, 11) is 1.64. The van der Waals surface area contributed by atoms with Crippen LogP contribution >= 0.6 is 0 Å². The van der Waals surface area contributed by atoms with Crippen LogP contribution in [-0.4, -0.2) is 55.0 Å². The van der Waals surface area contributed by atoms with Crippen LogP contribution in [0, 0.1) is 13.8 Å². The number of hydrogen-bond acceptors (Lipinski definition) is 4. The molecule has 2 aliphatic rings. The number of H-pyrrole nitrogens is 1. The van der Waals surface area contributed by atoms with Gasteiger partial charge >= 0.3 is 0 Å². The third kappa shape index (κ3) is 4.54. The SMILES string of the molecule is COc1cccc(-c2cccc3c2C(=Cc2[nH]c(C)c(C(=O)NCCN4CCCC4)c2C)C(=O)N3)c1. The van der Waals surface area contributed by atoms with Gasteiger partial charge in [-0.15, -0.1) is 0 Å². The molecule has 7 heteroatoms. The van der Waals surface area contributed by atoms with Gasteiger partial charge in [-0.1, -0.05) is 24.3 Å². The van der Waals surface area contributed by atoms with Crippen molar-refractivity contribution in [3.05, 3.63) is 70.5 Å². The molecule has 0 spiro atoms. The maximum absolute atomic E-state index is 13.0. The Hall–Kier alpha value is -3.84. The molecule has 0 saturated carbocycles. The van der Waals surface area contributed by atoms with Gasteiger partial charge in [-0.2, -0.15) is 0 Å². The van der Waals surface area contributed by atoms with Gasteiger partial charge in [0.15, 0.2) is 0 Å². The maximum Gasteiger partial charge on any atom is 0.256 e. The first-order valence-corrected chi connectivity index (χ1v) is 12.5. The molecule has 2 aromatic carbocycles. The molecule has 3 N–H and O–H groups in total. The first kappa shape index (κ1) is 23.9. The predicted octanol–water partition coefficient (Wildman–Crippen LogP) is 4.63. The van der Waals surface area contributed by atoms with Crippen molar-refractivity contribution >= 4 is 29.2 Å². The number of nitrogens with zero attached hydrogens (tertiary/aromatic N) is 1. The lowest BCUT2D eigenvalue weighted by Crippen LogP contribution is -2.33. The number of carbonyl (C=O) groups is 2. The quantitative estimate of drug-likeness (QED) is 0.427. The first-order chi connectivity index (χ1) is 17.5. The predicted molar refractivity (Wildman–Crippen MR) is 143 cm³/mol. The molecule has 3 heterocycles. The van der Waals surface area contributed by atoms with Gasteiger partial charge in [0, 0.05) is 35.7 Å². The highest BCUT2D eigenvalue weighted by Crippen LogP contribution is 2.41. The van der Waals surface area contributed by atoms with Crippen LogP contribution in [0.2, 0.25) is 0 Å². The van der Waals surface area contributed by atoms with E-state index in [4.69, 9.17) is 4.74 Å². The Bertz CT molecular complexity index is 1350. The summed E-state index contributed by atoms with van der Waals surface area (Å²) in [6.07, 6.45) is 4.32. The molecule has 3 aromatic rings. The number of aromatic nitrogens is 1. The number of ether oxygens (including phenoxy) is 1. The second-order valence-electron chi connectivity index (χ2n) is 9.44. The van der Waals surface area contributed by atoms with Crippen LogP contribution in [0.4, 0.5) is 5.69 Å². The minimum atomic E-state index is -0.163. The van der Waals surface area contributed by atoms with Gasteiger partial charge in [-0.25, -0.2) is 0 Å². The molecule has 0 radical (unpaired) electrons. The Morgan fingerprint density at radius 1 is 1.14 bits per heavy atom. The Morgan fingerprint density at radius 3 is 2.69 bits per heavy atom. The Balaban J connectivity index is 1.45. The van der Waals surface area contributed by atoms with Gasteiger partial charge in [0.2, 0.25) is 0 Å². The molecular formula is C29H32N4O3. The molecule has 2 amide bonds. The Morgan fingerprint density at radius 2 is 1.92 bits per heavy atom. The molecule has 1 aromatic heterocycles. The van der Waals surface area contributed by atoms with E-state index in [2.05, 4.69) is 20.5 Å². The summed E-state index contributed by atoms with van der Waals surface area (Å²) in [5.41, 5.74) is 7.11. The van der Waals surface area contributed by atoms with Crippen LogP contribution in [0.1, 0.15) is 45.7 Å². The van der Waals surface area contributed by atoms with Gasteiger partial charge in [0.1, 0.15) is 5.75 Å². The lowest BCUT2D eigenvalue weighted by molar-refractivity contribution is -0.110. The molecule has 0 bridgehead atoms. The van der Waals surface area contributed by atoms with Crippen molar-refractivity contribution in [2.75, 3.05) is 38.6 Å². The molecule has 0 atom stereocenters. The van der Waals surface area contributed by atoms with Gasteiger partial charge in [-0.05, 0) is 80.7 Å². The van der Waals surface area contributed by atoms with E-state index >= 15 is 0 Å². The number of amides is 2. The minimum Gasteiger partial charge on any atom is -0.497 e. The fourth-order valence-corrected chi connectivity index (χ4v) is 5.24. The standard InChI is InChI=1S/C29H32N4O3/c1-18-25(31-19(2)26(18)29(35)30-12-15-33-13-4-5-14-33)17-23-27-22(10-7-11-24(27)32-28(23)34)20-8-6-9-21(16-20)36-3/h6-11,16-17,31H,4-5,12-15H2,1-3H3,(H,30,35)(H,32,34). The maximum atomic E-state index is 13.0. The number of anilines is 1. The zero-order valence-corrected chi connectivity index (χ0v) is 21.0. The molecule has 5 rings (SSSR count). The summed E-state index contributed by atoms with van der Waals surface area (Å²) in [6.45, 7) is 7.53. The van der Waals surface area contributed by atoms with Crippen molar-refractivity contribution < 1.29 is 14.3 Å². The highest BCUT2D eigenvalue weighted by atomic mass is 16.5. The van der Waals surface area contributed by atoms with E-state index in [1.807, 2.05) is 62.4 Å². The fourth-order valence-electron chi connectivity index (χ4n) is 5.24. The van der Waals surface area contributed by atoms with Gasteiger partial charge in [0.05, 0.1) is 18.2 Å². The summed E-state index contributed by atoms with van der Waals surface area (Å²) in [6, 6.07) is 13.7. The summed E-state index contributed by atoms with van der Waals surface area (Å²) < 4.78 is 5.41. The topological polar surface area (TPSA) is 86.5 Å². The van der Waals surface area contributed by atoms with Crippen molar-refractivity contribution in [3.8, 4) is 16.9 Å². The van der Waals surface area contributed by atoms with Gasteiger partial charge in [-0.3, -0.25) is 9.59 Å². The third-order valence-electron chi connectivity index (χ3n) is 7.11. The number of aryl methyl sites for hydroxylation is 1. The third-order valence-corrected chi connectivity index (χ3v) is 7.11. The van der Waals surface area contributed by atoms with E-state index < -0.39 is 0 Å². The van der Waals surface area contributed by atoms with Crippen molar-refractivity contribution in [2.24, 2.45) is 0 Å². The van der Waals surface area contributed by atoms with E-state index in [-0.39, 0.29) is 11.8 Å². The number of likely N-dealkylation sites (tertiary alicyclic amines) is 1. The average molecular weight is 485 g/mol. The highest BCUT2D eigenvalue weighted by molar-refractivity contribution is 6.36. The summed E-state index contributed by atoms with van der Waals surface area (Å²) in [5.74, 6) is 0.506. The van der Waals surface area contributed by atoms with Crippen LogP contribution < -0.4 is 15.4 Å². The number of nitrogens with one attached hydrogen (secondary N) is 3. The van der Waals surface area contributed by atoms with Crippen molar-refractivity contribution in [2.45, 2.75) is 26.7 Å². The number of aromatic amines is 1. The van der Waals surface area contributed by atoms with Crippen molar-refractivity contribution in [1.29, 1.82) is 0 Å². The zero-order chi connectivity index (χ0) is 25.2. The number of hydrogen-bond donors (Lipinski definition) is 3. The molecule has 7 nitrogen and oxygen atoms in total. The number of fused-ring (bicyclic) bond motifs is 1. The minimum absolute atomic E-state index is 0.0848. The van der Waals surface area contributed by atoms with E-state index in [0.717, 1.165) is 64.7 Å². The van der Waals surface area contributed by atoms with Crippen LogP contribution in [0.15, 0.2) is 42.5 Å². The van der Waals surface area contributed by atoms with E-state index in [0.29, 0.717) is 17.7 Å². The molecule has 2 aliphatic heterocycles. The molecule has 0 aliphatic carbocycles. The van der Waals surface area contributed by atoms with E-state index in [9.17, 15) is 9.59 Å². The van der Waals surface area contributed by atoms with E-state index in [1.54, 1.807) is 7.11 Å². The number of rotatable bonds is 7. The molecule has 0 unspecified atom stereocenters. The molecule has 1 saturated heterocycles. The smallest absolute Gasteiger partial charge is 0.256 e. The second kappa shape index (κ2) is 10.0. The first-order valence-electron chi connectivity index (χ1n) is 12.5. The number of carbonyl (C=O) groups excluding carboxylic acids is 2. The lowest BCUT2D eigenvalue weighted by Gasteiger charge is -2.14. The fraction of sp³-hybridized carbons (Fsp3) is 0.310. The largest absolute Gasteiger partial charge is 0.497 e. The molecule has 186 valence electrons. The summed E-state index contributed by atoms with van der Waals surface area (Å²) >= 11 is 0. The average Bonchev–Trinajstić information content (AvgIpc) is 3.57. The van der Waals surface area contributed by atoms with Crippen LogP contribution in [0.5, 0.6) is 5.75 Å². The van der Waals surface area contributed by atoms with Crippen LogP contribution in [0.25, 0.3) is 22.8 Å². The zero-order valence-electron chi connectivity index (χ0n) is 21.0. The molecule has 36 heavy (non-hydrogen) atoms. The van der Waals surface area contributed by atoms with E-state index in [1.165, 1.54) is 12.8 Å². The molecular weight excluding hydrogens is 452 g/mol. The number of benzene rings is 2. The van der Waals surface area contributed by atoms with Gasteiger partial charge in [0.25, 0.3) is 11.8 Å². The lowest BCUT2D eigenvalue weighted by atomic mass is 9.94.